The Bertz CT molecular complexity index is 184. The van der Waals surface area contributed by atoms with E-state index < -0.39 is 0 Å². The van der Waals surface area contributed by atoms with E-state index in [0.717, 1.165) is 6.42 Å². The van der Waals surface area contributed by atoms with Gasteiger partial charge in [-0.3, -0.25) is 0 Å². The van der Waals surface area contributed by atoms with Crippen LogP contribution in [-0.2, 0) is 0 Å². The number of rotatable bonds is 8. The van der Waals surface area contributed by atoms with Crippen LogP contribution in [0.1, 0.15) is 46.5 Å². The van der Waals surface area contributed by atoms with Crippen LogP contribution < -0.4 is 5.32 Å². The van der Waals surface area contributed by atoms with E-state index in [2.05, 4.69) is 26.1 Å². The molecule has 2 unspecified atom stereocenters. The molecule has 0 amide bonds. The summed E-state index contributed by atoms with van der Waals surface area (Å²) in [7, 11) is 0. The zero-order valence-electron chi connectivity index (χ0n) is 10.3. The molecule has 0 aromatic heterocycles. The lowest BCUT2D eigenvalue weighted by molar-refractivity contribution is 0.164. The summed E-state index contributed by atoms with van der Waals surface area (Å²) in [6, 6.07) is 0.672. The van der Waals surface area contributed by atoms with Crippen molar-refractivity contribution < 1.29 is 5.11 Å². The van der Waals surface area contributed by atoms with Crippen molar-refractivity contribution in [2.24, 2.45) is 0 Å². The lowest BCUT2D eigenvalue weighted by Gasteiger charge is -2.31. The van der Waals surface area contributed by atoms with Crippen molar-refractivity contribution in [2.45, 2.75) is 63.3 Å². The van der Waals surface area contributed by atoms with Gasteiger partial charge in [-0.15, -0.1) is 0 Å². The van der Waals surface area contributed by atoms with E-state index in [0.29, 0.717) is 11.3 Å². The fourth-order valence-corrected chi connectivity index (χ4v) is 3.03. The summed E-state index contributed by atoms with van der Waals surface area (Å²) in [5.41, 5.74) is -0.0681. The lowest BCUT2D eigenvalue weighted by Crippen LogP contribution is -2.48. The first-order chi connectivity index (χ1) is 7.09. The topological polar surface area (TPSA) is 32.3 Å². The minimum atomic E-state index is -0.0681. The highest BCUT2D eigenvalue weighted by molar-refractivity contribution is 7.99. The van der Waals surface area contributed by atoms with Gasteiger partial charge in [-0.05, 0) is 38.4 Å². The van der Waals surface area contributed by atoms with Gasteiger partial charge < -0.3 is 10.4 Å². The molecule has 2 nitrogen and oxygen atoms in total. The smallest absolute Gasteiger partial charge is 0.0611 e. The Hall–Kier alpha value is 0.270. The van der Waals surface area contributed by atoms with E-state index in [9.17, 15) is 5.11 Å². The third-order valence-corrected chi connectivity index (χ3v) is 4.20. The minimum absolute atomic E-state index is 0.0681. The predicted molar refractivity (Wildman–Crippen MR) is 68.5 cm³/mol. The lowest BCUT2D eigenvalue weighted by atomic mass is 9.97. The molecule has 0 bridgehead atoms. The Kier molecular flexibility index (Phi) is 5.44. The van der Waals surface area contributed by atoms with E-state index in [1.54, 1.807) is 0 Å². The van der Waals surface area contributed by atoms with Gasteiger partial charge in [0.2, 0.25) is 0 Å². The highest BCUT2D eigenvalue weighted by Gasteiger charge is 2.32. The first-order valence-corrected chi connectivity index (χ1v) is 7.14. The molecule has 0 spiro atoms. The highest BCUT2D eigenvalue weighted by atomic mass is 32.2. The molecule has 1 saturated carbocycles. The summed E-state index contributed by atoms with van der Waals surface area (Å²) >= 11 is 2.02. The third kappa shape index (κ3) is 5.23. The fourth-order valence-electron chi connectivity index (χ4n) is 1.90. The molecule has 2 atom stereocenters. The van der Waals surface area contributed by atoms with Crippen molar-refractivity contribution in [2.75, 3.05) is 12.4 Å². The third-order valence-electron chi connectivity index (χ3n) is 2.82. The Labute approximate surface area is 98.2 Å². The van der Waals surface area contributed by atoms with Crippen LogP contribution in [0.25, 0.3) is 0 Å². The van der Waals surface area contributed by atoms with Crippen LogP contribution in [0.4, 0.5) is 0 Å². The summed E-state index contributed by atoms with van der Waals surface area (Å²) in [6.07, 6.45) is 4.86. The molecule has 3 heteroatoms. The molecule has 0 aliphatic heterocycles. The molecule has 0 aromatic rings. The molecule has 0 saturated heterocycles. The molecule has 0 radical (unpaired) electrons. The molecular weight excluding hydrogens is 206 g/mol. The van der Waals surface area contributed by atoms with E-state index in [1.165, 1.54) is 25.0 Å². The van der Waals surface area contributed by atoms with Crippen LogP contribution in [0.2, 0.25) is 0 Å². The van der Waals surface area contributed by atoms with E-state index in [-0.39, 0.29) is 12.1 Å². The second-order valence-electron chi connectivity index (χ2n) is 5.02. The largest absolute Gasteiger partial charge is 0.394 e. The Morgan fingerprint density at radius 2 is 2.20 bits per heavy atom. The molecule has 1 aliphatic carbocycles. The Morgan fingerprint density at radius 3 is 2.67 bits per heavy atom. The fraction of sp³-hybridized carbons (Fsp3) is 1.00. The van der Waals surface area contributed by atoms with E-state index in [1.807, 2.05) is 11.8 Å². The summed E-state index contributed by atoms with van der Waals surface area (Å²) in [5, 5.41) is 13.7. The summed E-state index contributed by atoms with van der Waals surface area (Å²) < 4.78 is 0. The van der Waals surface area contributed by atoms with Gasteiger partial charge in [0, 0.05) is 16.8 Å². The summed E-state index contributed by atoms with van der Waals surface area (Å²) in [5.74, 6) is 1.23. The number of aliphatic hydroxyl groups is 1. The number of aliphatic hydroxyl groups excluding tert-OH is 1. The zero-order valence-corrected chi connectivity index (χ0v) is 11.1. The van der Waals surface area contributed by atoms with Crippen LogP contribution in [0.15, 0.2) is 0 Å². The van der Waals surface area contributed by atoms with E-state index in [4.69, 9.17) is 0 Å². The number of hydrogen-bond acceptors (Lipinski definition) is 3. The van der Waals surface area contributed by atoms with Crippen molar-refractivity contribution in [3.8, 4) is 0 Å². The van der Waals surface area contributed by atoms with Crippen LogP contribution in [0.5, 0.6) is 0 Å². The van der Waals surface area contributed by atoms with Gasteiger partial charge in [0.1, 0.15) is 0 Å². The Balaban J connectivity index is 2.29. The quantitative estimate of drug-likeness (QED) is 0.673. The standard InChI is InChI=1S/C12H25NOS/c1-4-7-15-10(2)8-12(3,9-14)13-11-5-6-11/h10-11,13-14H,4-9H2,1-3H3. The summed E-state index contributed by atoms with van der Waals surface area (Å²) in [6.45, 7) is 6.88. The minimum Gasteiger partial charge on any atom is -0.394 e. The van der Waals surface area contributed by atoms with Crippen molar-refractivity contribution in [3.63, 3.8) is 0 Å². The van der Waals surface area contributed by atoms with Crippen molar-refractivity contribution in [1.29, 1.82) is 0 Å². The molecule has 1 rings (SSSR count). The van der Waals surface area contributed by atoms with Gasteiger partial charge in [0.05, 0.1) is 6.61 Å². The molecular formula is C12H25NOS. The van der Waals surface area contributed by atoms with Gasteiger partial charge in [0.15, 0.2) is 0 Å². The van der Waals surface area contributed by atoms with Crippen LogP contribution >= 0.6 is 11.8 Å². The molecule has 1 aliphatic rings. The number of nitrogens with one attached hydrogen (secondary N) is 1. The average molecular weight is 231 g/mol. The van der Waals surface area contributed by atoms with Crippen molar-refractivity contribution in [1.82, 2.24) is 5.32 Å². The van der Waals surface area contributed by atoms with Gasteiger partial charge >= 0.3 is 0 Å². The number of hydrogen-bond donors (Lipinski definition) is 2. The second-order valence-corrected chi connectivity index (χ2v) is 6.57. The molecule has 15 heavy (non-hydrogen) atoms. The molecule has 90 valence electrons. The van der Waals surface area contributed by atoms with E-state index >= 15 is 0 Å². The van der Waals surface area contributed by atoms with Gasteiger partial charge in [-0.2, -0.15) is 11.8 Å². The highest BCUT2D eigenvalue weighted by Crippen LogP contribution is 2.27. The second kappa shape index (κ2) is 6.12. The maximum atomic E-state index is 9.46. The first-order valence-electron chi connectivity index (χ1n) is 6.10. The molecule has 1 fully saturated rings. The Morgan fingerprint density at radius 1 is 1.53 bits per heavy atom. The maximum Gasteiger partial charge on any atom is 0.0611 e. The predicted octanol–water partition coefficient (Wildman–Crippen LogP) is 2.41. The summed E-state index contributed by atoms with van der Waals surface area (Å²) in [4.78, 5) is 0. The van der Waals surface area contributed by atoms with Crippen LogP contribution in [-0.4, -0.2) is 34.3 Å². The zero-order chi connectivity index (χ0) is 11.3. The van der Waals surface area contributed by atoms with Gasteiger partial charge in [-0.1, -0.05) is 13.8 Å². The molecule has 2 N–H and O–H groups in total. The maximum absolute atomic E-state index is 9.46. The van der Waals surface area contributed by atoms with Crippen molar-refractivity contribution in [3.05, 3.63) is 0 Å². The van der Waals surface area contributed by atoms with Gasteiger partial charge in [0.25, 0.3) is 0 Å². The van der Waals surface area contributed by atoms with Crippen LogP contribution in [0.3, 0.4) is 0 Å². The van der Waals surface area contributed by atoms with Crippen molar-refractivity contribution >= 4 is 11.8 Å². The molecule has 0 aromatic carbocycles. The molecule has 0 heterocycles. The average Bonchev–Trinajstić information content (AvgIpc) is 2.98. The van der Waals surface area contributed by atoms with Crippen LogP contribution in [0, 0.1) is 0 Å². The SMILES string of the molecule is CCCSC(C)CC(C)(CO)NC1CC1. The monoisotopic (exact) mass is 231 g/mol. The number of thioether (sulfide) groups is 1. The van der Waals surface area contributed by atoms with Gasteiger partial charge in [-0.25, -0.2) is 0 Å². The normalized spacial score (nSPS) is 22.4. The first kappa shape index (κ1) is 13.3.